The maximum absolute atomic E-state index is 12.3. The Morgan fingerprint density at radius 2 is 2.32 bits per heavy atom. The average Bonchev–Trinajstić information content (AvgIpc) is 2.47. The van der Waals surface area contributed by atoms with Crippen LogP contribution in [-0.2, 0) is 9.53 Å². The summed E-state index contributed by atoms with van der Waals surface area (Å²) in [4.78, 5) is 26.8. The summed E-state index contributed by atoms with van der Waals surface area (Å²) in [6, 6.07) is 0.0995. The Kier molecular flexibility index (Phi) is 6.21. The summed E-state index contributed by atoms with van der Waals surface area (Å²) >= 11 is 0. The molecule has 1 heterocycles. The fourth-order valence-corrected chi connectivity index (χ4v) is 2.87. The molecule has 7 heteroatoms. The second-order valence-electron chi connectivity index (χ2n) is 6.02. The third-order valence-corrected chi connectivity index (χ3v) is 3.93. The lowest BCUT2D eigenvalue weighted by atomic mass is 10.0. The van der Waals surface area contributed by atoms with Crippen molar-refractivity contribution in [3.05, 3.63) is 12.2 Å². The molecule has 1 saturated heterocycles. The number of amides is 3. The molecule has 0 unspecified atom stereocenters. The molecule has 2 aliphatic rings. The minimum atomic E-state index is -0.364. The summed E-state index contributed by atoms with van der Waals surface area (Å²) in [6.07, 6.45) is 7.31. The zero-order valence-corrected chi connectivity index (χ0v) is 13.2. The van der Waals surface area contributed by atoms with Crippen LogP contribution in [0.5, 0.6) is 0 Å². The summed E-state index contributed by atoms with van der Waals surface area (Å²) in [5.74, 6) is -0.364. The molecule has 0 spiro atoms. The van der Waals surface area contributed by atoms with Gasteiger partial charge in [-0.2, -0.15) is 0 Å². The highest BCUT2D eigenvalue weighted by Gasteiger charge is 2.26. The van der Waals surface area contributed by atoms with Crippen LogP contribution >= 0.6 is 0 Å². The number of carbonyl (C=O) groups is 2. The number of hydrogen-bond donors (Lipinski definition) is 2. The minimum Gasteiger partial charge on any atom is -0.373 e. The van der Waals surface area contributed by atoms with Gasteiger partial charge < -0.3 is 20.7 Å². The van der Waals surface area contributed by atoms with Crippen LogP contribution < -0.4 is 11.1 Å². The molecule has 0 bridgehead atoms. The van der Waals surface area contributed by atoms with Crippen LogP contribution in [0.25, 0.3) is 0 Å². The van der Waals surface area contributed by atoms with E-state index in [9.17, 15) is 9.59 Å². The van der Waals surface area contributed by atoms with Gasteiger partial charge in [0.25, 0.3) is 0 Å². The predicted molar refractivity (Wildman–Crippen MR) is 83.3 cm³/mol. The first-order chi connectivity index (χ1) is 10.5. The van der Waals surface area contributed by atoms with Crippen molar-refractivity contribution in [3.8, 4) is 0 Å². The molecule has 0 aromatic carbocycles. The van der Waals surface area contributed by atoms with E-state index in [2.05, 4.69) is 17.5 Å². The number of carbonyl (C=O) groups excluding carboxylic acids is 2. The highest BCUT2D eigenvalue weighted by molar-refractivity contribution is 5.76. The molecule has 1 fully saturated rings. The molecule has 0 radical (unpaired) electrons. The van der Waals surface area contributed by atoms with Crippen LogP contribution in [0.2, 0.25) is 0 Å². The summed E-state index contributed by atoms with van der Waals surface area (Å²) in [6.45, 7) is 2.42. The third-order valence-electron chi connectivity index (χ3n) is 3.93. The Hall–Kier alpha value is -1.60. The van der Waals surface area contributed by atoms with Crippen LogP contribution in [0.15, 0.2) is 12.2 Å². The van der Waals surface area contributed by atoms with Gasteiger partial charge in [0, 0.05) is 25.7 Å². The van der Waals surface area contributed by atoms with Crippen molar-refractivity contribution in [2.24, 2.45) is 5.73 Å². The maximum Gasteiger partial charge on any atom is 0.318 e. The largest absolute Gasteiger partial charge is 0.373 e. The van der Waals surface area contributed by atoms with E-state index in [1.165, 1.54) is 0 Å². The summed E-state index contributed by atoms with van der Waals surface area (Å²) in [7, 11) is 1.82. The second kappa shape index (κ2) is 8.14. The van der Waals surface area contributed by atoms with Crippen LogP contribution in [0, 0.1) is 0 Å². The fraction of sp³-hybridized carbons (Fsp3) is 0.733. The van der Waals surface area contributed by atoms with E-state index in [-0.39, 0.29) is 30.6 Å². The van der Waals surface area contributed by atoms with Crippen molar-refractivity contribution in [1.29, 1.82) is 0 Å². The van der Waals surface area contributed by atoms with Crippen molar-refractivity contribution in [1.82, 2.24) is 15.1 Å². The molecule has 3 N–H and O–H groups in total. The van der Waals surface area contributed by atoms with Gasteiger partial charge in [0.2, 0.25) is 5.91 Å². The first-order valence-corrected chi connectivity index (χ1v) is 7.85. The van der Waals surface area contributed by atoms with E-state index in [4.69, 9.17) is 10.5 Å². The number of nitrogens with two attached hydrogens (primary N) is 1. The Balaban J connectivity index is 1.79. The number of hydrogen-bond acceptors (Lipinski definition) is 4. The summed E-state index contributed by atoms with van der Waals surface area (Å²) < 4.78 is 5.67. The topological polar surface area (TPSA) is 87.9 Å². The minimum absolute atomic E-state index is 0.0394. The van der Waals surface area contributed by atoms with Gasteiger partial charge in [-0.3, -0.25) is 9.69 Å². The molecule has 3 amide bonds. The first kappa shape index (κ1) is 16.8. The maximum atomic E-state index is 12.3. The normalized spacial score (nSPS) is 25.3. The quantitative estimate of drug-likeness (QED) is 0.695. The number of likely N-dealkylation sites (N-methyl/N-ethyl adjacent to an activating group) is 1. The molecule has 0 aromatic heterocycles. The van der Waals surface area contributed by atoms with Crippen LogP contribution in [0.1, 0.15) is 19.3 Å². The molecule has 1 aliphatic heterocycles. The molecule has 124 valence electrons. The zero-order chi connectivity index (χ0) is 15.9. The van der Waals surface area contributed by atoms with Crippen LogP contribution in [-0.4, -0.2) is 73.7 Å². The SMILES string of the molecule is CN(CC(N)=O)C[C@@H]1CN(C(=O)N[C@H]2C=CCCC2)CCO1. The number of rotatable bonds is 5. The van der Waals surface area contributed by atoms with Gasteiger partial charge in [-0.15, -0.1) is 0 Å². The Morgan fingerprint density at radius 1 is 1.50 bits per heavy atom. The van der Waals surface area contributed by atoms with Crippen LogP contribution in [0.4, 0.5) is 4.79 Å². The van der Waals surface area contributed by atoms with Gasteiger partial charge in [-0.1, -0.05) is 12.2 Å². The highest BCUT2D eigenvalue weighted by Crippen LogP contribution is 2.12. The lowest BCUT2D eigenvalue weighted by molar-refractivity contribution is -0.119. The Morgan fingerprint density at radius 3 is 3.00 bits per heavy atom. The van der Waals surface area contributed by atoms with Crippen molar-refractivity contribution in [3.63, 3.8) is 0 Å². The van der Waals surface area contributed by atoms with Crippen molar-refractivity contribution in [2.45, 2.75) is 31.4 Å². The molecule has 1 aliphatic carbocycles. The van der Waals surface area contributed by atoms with E-state index in [0.29, 0.717) is 26.2 Å². The van der Waals surface area contributed by atoms with Crippen molar-refractivity contribution in [2.75, 3.05) is 39.8 Å². The van der Waals surface area contributed by atoms with Crippen molar-refractivity contribution < 1.29 is 14.3 Å². The zero-order valence-electron chi connectivity index (χ0n) is 13.2. The first-order valence-electron chi connectivity index (χ1n) is 7.85. The highest BCUT2D eigenvalue weighted by atomic mass is 16.5. The summed E-state index contributed by atoms with van der Waals surface area (Å²) in [5.41, 5.74) is 5.18. The smallest absolute Gasteiger partial charge is 0.318 e. The standard InChI is InChI=1S/C15H26N4O3/c1-18(11-14(16)20)9-13-10-19(7-8-22-13)15(21)17-12-5-3-2-4-6-12/h3,5,12-13H,2,4,6-11H2,1H3,(H2,16,20)(H,17,21)/t12-,13+/m0/s1. The van der Waals surface area contributed by atoms with Gasteiger partial charge >= 0.3 is 6.03 Å². The number of urea groups is 1. The van der Waals surface area contributed by atoms with Gasteiger partial charge in [0.05, 0.1) is 19.3 Å². The number of nitrogens with one attached hydrogen (secondary N) is 1. The number of morpholine rings is 1. The van der Waals surface area contributed by atoms with E-state index >= 15 is 0 Å². The monoisotopic (exact) mass is 310 g/mol. The van der Waals surface area contributed by atoms with E-state index < -0.39 is 0 Å². The number of ether oxygens (including phenoxy) is 1. The number of nitrogens with zero attached hydrogens (tertiary/aromatic N) is 2. The fourth-order valence-electron chi connectivity index (χ4n) is 2.87. The molecular formula is C15H26N4O3. The van der Waals surface area contributed by atoms with Gasteiger partial charge in [0.15, 0.2) is 0 Å². The second-order valence-corrected chi connectivity index (χ2v) is 6.02. The lowest BCUT2D eigenvalue weighted by Crippen LogP contribution is -2.54. The Labute approximate surface area is 131 Å². The predicted octanol–water partition coefficient (Wildman–Crippen LogP) is -0.0774. The molecule has 0 saturated carbocycles. The van der Waals surface area contributed by atoms with Crippen molar-refractivity contribution >= 4 is 11.9 Å². The molecule has 7 nitrogen and oxygen atoms in total. The van der Waals surface area contributed by atoms with Gasteiger partial charge in [-0.25, -0.2) is 4.79 Å². The van der Waals surface area contributed by atoms with Gasteiger partial charge in [0.1, 0.15) is 0 Å². The number of allylic oxidation sites excluding steroid dienone is 1. The molecule has 2 atom stereocenters. The van der Waals surface area contributed by atoms with E-state index in [1.54, 1.807) is 4.90 Å². The molecule has 22 heavy (non-hydrogen) atoms. The van der Waals surface area contributed by atoms with Gasteiger partial charge in [-0.05, 0) is 26.3 Å². The van der Waals surface area contributed by atoms with E-state index in [0.717, 1.165) is 19.3 Å². The van der Waals surface area contributed by atoms with E-state index in [1.807, 2.05) is 11.9 Å². The summed E-state index contributed by atoms with van der Waals surface area (Å²) in [5, 5.41) is 3.05. The lowest BCUT2D eigenvalue weighted by Gasteiger charge is -2.35. The molecule has 0 aromatic rings. The average molecular weight is 310 g/mol. The third kappa shape index (κ3) is 5.31. The molecular weight excluding hydrogens is 284 g/mol. The number of primary amides is 1. The van der Waals surface area contributed by atoms with Crippen LogP contribution in [0.3, 0.4) is 0 Å². The molecule has 2 rings (SSSR count). The Bertz CT molecular complexity index is 427.